The smallest absolute Gasteiger partial charge is 0.235 e. The summed E-state index contributed by atoms with van der Waals surface area (Å²) in [5.74, 6) is -2.53. The van der Waals surface area contributed by atoms with Crippen molar-refractivity contribution in [2.45, 2.75) is 44.3 Å². The van der Waals surface area contributed by atoms with Gasteiger partial charge in [-0.15, -0.1) is 0 Å². The van der Waals surface area contributed by atoms with Gasteiger partial charge in [0, 0.05) is 33.1 Å². The number of phenolic OH excluding ortho intramolecular Hbond substituents is 2. The Labute approximate surface area is 151 Å². The second-order valence-corrected chi connectivity index (χ2v) is 8.72. The largest absolute Gasteiger partial charge is 0.507 e. The lowest BCUT2D eigenvalue weighted by Gasteiger charge is -2.54. The van der Waals surface area contributed by atoms with E-state index in [2.05, 4.69) is 13.8 Å². The van der Waals surface area contributed by atoms with Gasteiger partial charge in [0.2, 0.25) is 11.6 Å². The number of benzene rings is 2. The zero-order valence-corrected chi connectivity index (χ0v) is 14.9. The van der Waals surface area contributed by atoms with Crippen molar-refractivity contribution in [3.63, 3.8) is 0 Å². The fourth-order valence-electron chi connectivity index (χ4n) is 6.04. The Kier molecular flexibility index (Phi) is 2.84. The van der Waals surface area contributed by atoms with Crippen LogP contribution in [0.15, 0.2) is 24.3 Å². The van der Waals surface area contributed by atoms with E-state index in [-0.39, 0.29) is 22.8 Å². The average Bonchev–Trinajstić information content (AvgIpc) is 2.90. The molecule has 2 aromatic carbocycles. The van der Waals surface area contributed by atoms with Crippen LogP contribution in [0.3, 0.4) is 0 Å². The predicted molar refractivity (Wildman–Crippen MR) is 95.3 cm³/mol. The van der Waals surface area contributed by atoms with Crippen molar-refractivity contribution in [2.24, 2.45) is 11.3 Å². The van der Waals surface area contributed by atoms with Gasteiger partial charge in [-0.3, -0.25) is 4.79 Å². The van der Waals surface area contributed by atoms with E-state index in [1.807, 2.05) is 6.07 Å². The summed E-state index contributed by atoms with van der Waals surface area (Å²) in [6, 6.07) is 6.27. The molecule has 1 heterocycles. The Morgan fingerprint density at radius 1 is 1.08 bits per heavy atom. The molecule has 3 N–H and O–H groups in total. The van der Waals surface area contributed by atoms with Gasteiger partial charge >= 0.3 is 0 Å². The number of aliphatic hydroxyl groups is 1. The fourth-order valence-corrected chi connectivity index (χ4v) is 6.04. The number of fused-ring (bicyclic) bond motifs is 3. The molecule has 26 heavy (non-hydrogen) atoms. The van der Waals surface area contributed by atoms with E-state index < -0.39 is 17.0 Å². The third-order valence-electron chi connectivity index (χ3n) is 7.09. The molecule has 5 heteroatoms. The number of rotatable bonds is 0. The van der Waals surface area contributed by atoms with Crippen LogP contribution in [0, 0.1) is 11.3 Å². The van der Waals surface area contributed by atoms with Crippen molar-refractivity contribution in [1.29, 1.82) is 0 Å². The van der Waals surface area contributed by atoms with Gasteiger partial charge in [0.25, 0.3) is 0 Å². The first-order valence-corrected chi connectivity index (χ1v) is 9.11. The molecule has 5 rings (SSSR count). The Morgan fingerprint density at radius 2 is 1.73 bits per heavy atom. The lowest BCUT2D eigenvalue weighted by molar-refractivity contribution is -0.176. The Hall–Kier alpha value is -2.11. The maximum absolute atomic E-state index is 13.3. The summed E-state index contributed by atoms with van der Waals surface area (Å²) < 4.78 is 5.76. The molecule has 2 aromatic rings. The molecule has 0 spiro atoms. The number of carbonyl (C=O) groups excluding carboxylic acids is 1. The van der Waals surface area contributed by atoms with Crippen LogP contribution in [-0.4, -0.2) is 33.5 Å². The SMILES string of the molecule is C[C@@]12CCC[C@]3(C)c4cc5c(O)ccc(O)c5cc4C(=O)[C@](O)(OC1)[C@H]23. The second-order valence-electron chi connectivity index (χ2n) is 8.72. The maximum atomic E-state index is 13.3. The van der Waals surface area contributed by atoms with Crippen LogP contribution in [0.2, 0.25) is 0 Å². The monoisotopic (exact) mass is 354 g/mol. The average molecular weight is 354 g/mol. The number of hydrogen-bond acceptors (Lipinski definition) is 5. The van der Waals surface area contributed by atoms with E-state index in [0.717, 1.165) is 24.8 Å². The second kappa shape index (κ2) is 4.59. The molecule has 4 atom stereocenters. The topological polar surface area (TPSA) is 87.0 Å². The van der Waals surface area contributed by atoms with Crippen molar-refractivity contribution in [2.75, 3.05) is 6.61 Å². The quantitative estimate of drug-likeness (QED) is 0.632. The van der Waals surface area contributed by atoms with E-state index in [4.69, 9.17) is 4.74 Å². The lowest BCUT2D eigenvalue weighted by atomic mass is 9.49. The van der Waals surface area contributed by atoms with E-state index in [9.17, 15) is 20.1 Å². The van der Waals surface area contributed by atoms with Gasteiger partial charge < -0.3 is 20.1 Å². The highest BCUT2D eigenvalue weighted by atomic mass is 16.6. The lowest BCUT2D eigenvalue weighted by Crippen LogP contribution is -2.61. The van der Waals surface area contributed by atoms with Crippen LogP contribution < -0.4 is 0 Å². The minimum Gasteiger partial charge on any atom is -0.507 e. The molecule has 0 aromatic heterocycles. The third-order valence-corrected chi connectivity index (χ3v) is 7.09. The van der Waals surface area contributed by atoms with Gasteiger partial charge in [-0.05, 0) is 42.7 Å². The highest BCUT2D eigenvalue weighted by molar-refractivity contribution is 6.09. The molecule has 0 unspecified atom stereocenters. The summed E-state index contributed by atoms with van der Waals surface area (Å²) in [6.45, 7) is 4.54. The molecule has 136 valence electrons. The van der Waals surface area contributed by atoms with E-state index in [0.29, 0.717) is 22.9 Å². The van der Waals surface area contributed by atoms with Crippen molar-refractivity contribution in [3.8, 4) is 11.5 Å². The molecule has 1 saturated carbocycles. The molecule has 1 aliphatic heterocycles. The number of hydrogen-bond donors (Lipinski definition) is 3. The number of carbonyl (C=O) groups is 1. The first kappa shape index (κ1) is 16.1. The third kappa shape index (κ3) is 1.66. The van der Waals surface area contributed by atoms with Gasteiger partial charge in [-0.2, -0.15) is 0 Å². The van der Waals surface area contributed by atoms with Gasteiger partial charge in [0.05, 0.1) is 6.61 Å². The highest BCUT2D eigenvalue weighted by Crippen LogP contribution is 2.64. The minimum absolute atomic E-state index is 0.00603. The first-order chi connectivity index (χ1) is 12.2. The van der Waals surface area contributed by atoms with Crippen LogP contribution in [0.5, 0.6) is 11.5 Å². The molecule has 0 bridgehead atoms. The molecule has 3 aliphatic rings. The number of Topliss-reactive ketones (excluding diaryl/α,β-unsaturated/α-hetero) is 1. The van der Waals surface area contributed by atoms with Crippen LogP contribution >= 0.6 is 0 Å². The highest BCUT2D eigenvalue weighted by Gasteiger charge is 2.69. The van der Waals surface area contributed by atoms with Crippen LogP contribution in [0.4, 0.5) is 0 Å². The van der Waals surface area contributed by atoms with Gasteiger partial charge in [0.15, 0.2) is 0 Å². The fraction of sp³-hybridized carbons (Fsp3) is 0.476. The molecule has 2 fully saturated rings. The maximum Gasteiger partial charge on any atom is 0.235 e. The standard InChI is InChI=1S/C21H22O5/c1-19-6-3-7-20(2)14-9-12-11(15(22)4-5-16(12)23)8-13(14)17(24)21(25,18(19)20)26-10-19/h4-5,8-9,18,22-23,25H,3,6-7,10H2,1-2H3/t18-,19-,20-,21+/m1/s1. The van der Waals surface area contributed by atoms with Gasteiger partial charge in [-0.25, -0.2) is 0 Å². The van der Waals surface area contributed by atoms with Gasteiger partial charge in [0.1, 0.15) is 11.5 Å². The number of ether oxygens (including phenoxy) is 1. The van der Waals surface area contributed by atoms with Crippen molar-refractivity contribution in [3.05, 3.63) is 35.4 Å². The van der Waals surface area contributed by atoms with Crippen LogP contribution in [0.25, 0.3) is 10.8 Å². The first-order valence-electron chi connectivity index (χ1n) is 9.11. The summed E-state index contributed by atoms with van der Waals surface area (Å²) in [5.41, 5.74) is 0.520. The molecular formula is C21H22O5. The Balaban J connectivity index is 1.88. The zero-order chi connectivity index (χ0) is 18.5. The summed E-state index contributed by atoms with van der Waals surface area (Å²) in [6.07, 6.45) is 2.74. The number of phenols is 2. The molecule has 0 amide bonds. The zero-order valence-electron chi connectivity index (χ0n) is 14.9. The molecular weight excluding hydrogens is 332 g/mol. The van der Waals surface area contributed by atoms with Crippen molar-refractivity contribution >= 4 is 16.6 Å². The molecule has 1 saturated heterocycles. The summed E-state index contributed by atoms with van der Waals surface area (Å²) in [7, 11) is 0. The van der Waals surface area contributed by atoms with Crippen LogP contribution in [-0.2, 0) is 10.2 Å². The summed E-state index contributed by atoms with van der Waals surface area (Å²) >= 11 is 0. The summed E-state index contributed by atoms with van der Waals surface area (Å²) in [4.78, 5) is 13.3. The van der Waals surface area contributed by atoms with Crippen molar-refractivity contribution < 1.29 is 24.9 Å². The Bertz CT molecular complexity index is 982. The summed E-state index contributed by atoms with van der Waals surface area (Å²) in [5, 5.41) is 32.7. The van der Waals surface area contributed by atoms with Crippen LogP contribution in [0.1, 0.15) is 49.0 Å². The molecule has 0 radical (unpaired) electrons. The van der Waals surface area contributed by atoms with Crippen molar-refractivity contribution in [1.82, 2.24) is 0 Å². The van der Waals surface area contributed by atoms with E-state index in [1.165, 1.54) is 12.1 Å². The Morgan fingerprint density at radius 3 is 2.42 bits per heavy atom. The number of ketones is 1. The van der Waals surface area contributed by atoms with E-state index in [1.54, 1.807) is 6.07 Å². The molecule has 2 aliphatic carbocycles. The minimum atomic E-state index is -1.82. The molecule has 5 nitrogen and oxygen atoms in total. The van der Waals surface area contributed by atoms with Gasteiger partial charge in [-0.1, -0.05) is 20.3 Å². The van der Waals surface area contributed by atoms with E-state index >= 15 is 0 Å². The predicted octanol–water partition coefficient (Wildman–Crippen LogP) is 3.23. The normalized spacial score (nSPS) is 38.3. The number of aromatic hydroxyl groups is 2.